The molecule has 1 aromatic carbocycles. The molecule has 0 radical (unpaired) electrons. The lowest BCUT2D eigenvalue weighted by Gasteiger charge is -2.57. The van der Waals surface area contributed by atoms with Crippen LogP contribution in [0.5, 0.6) is 0 Å². The first kappa shape index (κ1) is 23.3. The first-order chi connectivity index (χ1) is 13.9. The summed E-state index contributed by atoms with van der Waals surface area (Å²) in [4.78, 5) is 40.8. The summed E-state index contributed by atoms with van der Waals surface area (Å²) in [6.45, 7) is 6.53. The quantitative estimate of drug-likeness (QED) is 0.345. The van der Waals surface area contributed by atoms with Crippen molar-refractivity contribution in [1.29, 1.82) is 0 Å². The molecule has 0 amide bonds. The Hall–Kier alpha value is -3.01. The van der Waals surface area contributed by atoms with Gasteiger partial charge in [-0.05, 0) is 25.3 Å². The van der Waals surface area contributed by atoms with Gasteiger partial charge in [-0.3, -0.25) is 19.7 Å². The fourth-order valence-electron chi connectivity index (χ4n) is 4.91. The Balaban J connectivity index is 2.93. The number of nitrogens with one attached hydrogen (secondary N) is 1. The minimum Gasteiger partial charge on any atom is -0.481 e. The highest BCUT2D eigenvalue weighted by atomic mass is 16.6. The molecule has 5 unspecified atom stereocenters. The second-order valence-electron chi connectivity index (χ2n) is 8.07. The molecule has 1 fully saturated rings. The predicted octanol–water partition coefficient (Wildman–Crippen LogP) is 2.49. The van der Waals surface area contributed by atoms with E-state index >= 15 is 0 Å². The summed E-state index contributed by atoms with van der Waals surface area (Å²) >= 11 is 0. The van der Waals surface area contributed by atoms with Crippen LogP contribution in [0.2, 0.25) is 0 Å². The van der Waals surface area contributed by atoms with Crippen molar-refractivity contribution in [2.75, 3.05) is 7.11 Å². The second kappa shape index (κ2) is 8.39. The van der Waals surface area contributed by atoms with Gasteiger partial charge in [0.15, 0.2) is 0 Å². The number of non-ortho nitro benzene ring substituents is 1. The summed E-state index contributed by atoms with van der Waals surface area (Å²) < 4.78 is 0. The Morgan fingerprint density at radius 1 is 1.33 bits per heavy atom. The number of nitrogens with zero attached hydrogens (tertiary/aromatic N) is 2. The first-order valence-corrected chi connectivity index (χ1v) is 9.49. The van der Waals surface area contributed by atoms with Crippen LogP contribution < -0.4 is 5.32 Å². The van der Waals surface area contributed by atoms with Crippen molar-refractivity contribution in [2.45, 2.75) is 45.7 Å². The van der Waals surface area contributed by atoms with Crippen molar-refractivity contribution < 1.29 is 29.6 Å². The first-order valence-electron chi connectivity index (χ1n) is 9.49. The maximum absolute atomic E-state index is 12.7. The molecule has 0 aliphatic carbocycles. The van der Waals surface area contributed by atoms with Gasteiger partial charge in [0, 0.05) is 24.1 Å². The molecule has 10 nitrogen and oxygen atoms in total. The van der Waals surface area contributed by atoms with Gasteiger partial charge in [0.2, 0.25) is 0 Å². The number of carbonyl (C=O) groups is 2. The third-order valence-electron chi connectivity index (χ3n) is 6.39. The lowest BCUT2D eigenvalue weighted by Crippen LogP contribution is -2.71. The maximum atomic E-state index is 12.7. The van der Waals surface area contributed by atoms with E-state index in [0.717, 1.165) is 0 Å². The number of oxime groups is 1. The molecule has 1 aliphatic heterocycles. The topological polar surface area (TPSA) is 151 Å². The fraction of sp³-hybridized carbons (Fsp3) is 0.550. The van der Waals surface area contributed by atoms with Gasteiger partial charge in [0.1, 0.15) is 7.11 Å². The number of carboxylic acid groups (broad SMARTS) is 2. The molecule has 0 bridgehead atoms. The third-order valence-corrected chi connectivity index (χ3v) is 6.39. The van der Waals surface area contributed by atoms with E-state index in [2.05, 4.69) is 10.5 Å². The highest BCUT2D eigenvalue weighted by Gasteiger charge is 2.67. The molecule has 1 saturated heterocycles. The van der Waals surface area contributed by atoms with Crippen molar-refractivity contribution >= 4 is 23.8 Å². The highest BCUT2D eigenvalue weighted by Crippen LogP contribution is 2.58. The van der Waals surface area contributed by atoms with Crippen molar-refractivity contribution in [3.63, 3.8) is 0 Å². The zero-order valence-corrected chi connectivity index (χ0v) is 17.5. The number of piperidine rings is 1. The third kappa shape index (κ3) is 3.41. The standard InChI is InChI=1S/C20H27N3O7/c1-11(2)20(18(26)27)12(3)22-15(10-21-30-5)19(4,17(24)25)16(20)13-7-6-8-14(9-13)23(28)29/h6-12,15-16,22H,1-5H3,(H,24,25)(H,26,27). The zero-order chi connectivity index (χ0) is 22.9. The second-order valence-corrected chi connectivity index (χ2v) is 8.07. The van der Waals surface area contributed by atoms with E-state index in [1.807, 2.05) is 0 Å². The van der Waals surface area contributed by atoms with Gasteiger partial charge in [-0.25, -0.2) is 0 Å². The minimum atomic E-state index is -1.70. The van der Waals surface area contributed by atoms with E-state index in [4.69, 9.17) is 4.84 Å². The number of hydrogen-bond acceptors (Lipinski definition) is 7. The lowest BCUT2D eigenvalue weighted by molar-refractivity contribution is -0.385. The monoisotopic (exact) mass is 421 g/mol. The Kier molecular flexibility index (Phi) is 6.51. The zero-order valence-electron chi connectivity index (χ0n) is 17.5. The average Bonchev–Trinajstić information content (AvgIpc) is 2.67. The number of aliphatic carboxylic acids is 2. The smallest absolute Gasteiger partial charge is 0.312 e. The van der Waals surface area contributed by atoms with Gasteiger partial charge < -0.3 is 20.4 Å². The molecule has 164 valence electrons. The number of nitro groups is 1. The van der Waals surface area contributed by atoms with Gasteiger partial charge in [-0.1, -0.05) is 31.1 Å². The summed E-state index contributed by atoms with van der Waals surface area (Å²) in [5.41, 5.74) is -3.24. The molecular formula is C20H27N3O7. The predicted molar refractivity (Wildman–Crippen MR) is 108 cm³/mol. The molecule has 10 heteroatoms. The molecule has 30 heavy (non-hydrogen) atoms. The van der Waals surface area contributed by atoms with Crippen LogP contribution in [0.3, 0.4) is 0 Å². The Morgan fingerprint density at radius 2 is 1.97 bits per heavy atom. The van der Waals surface area contributed by atoms with Crippen molar-refractivity contribution in [2.24, 2.45) is 21.9 Å². The van der Waals surface area contributed by atoms with E-state index in [0.29, 0.717) is 0 Å². The van der Waals surface area contributed by atoms with E-state index < -0.39 is 51.6 Å². The molecule has 5 atom stereocenters. The highest BCUT2D eigenvalue weighted by molar-refractivity contribution is 5.88. The summed E-state index contributed by atoms with van der Waals surface area (Å²) in [5, 5.41) is 38.8. The summed E-state index contributed by atoms with van der Waals surface area (Å²) in [7, 11) is 1.31. The van der Waals surface area contributed by atoms with E-state index in [9.17, 15) is 29.9 Å². The number of nitro benzene ring substituents is 1. The summed E-state index contributed by atoms with van der Waals surface area (Å²) in [6, 6.07) is 3.96. The Morgan fingerprint density at radius 3 is 2.43 bits per heavy atom. The number of rotatable bonds is 7. The van der Waals surface area contributed by atoms with Crippen molar-refractivity contribution in [1.82, 2.24) is 5.32 Å². The molecule has 1 aliphatic rings. The fourth-order valence-corrected chi connectivity index (χ4v) is 4.91. The van der Waals surface area contributed by atoms with Crippen LogP contribution in [0.1, 0.15) is 39.2 Å². The number of hydrogen-bond donors (Lipinski definition) is 3. The van der Waals surface area contributed by atoms with Gasteiger partial charge >= 0.3 is 11.9 Å². The van der Waals surface area contributed by atoms with Gasteiger partial charge in [0.05, 0.1) is 28.0 Å². The van der Waals surface area contributed by atoms with Crippen LogP contribution in [-0.2, 0) is 14.4 Å². The van der Waals surface area contributed by atoms with Crippen LogP contribution in [0.15, 0.2) is 29.4 Å². The van der Waals surface area contributed by atoms with Gasteiger partial charge in [-0.2, -0.15) is 0 Å². The Bertz CT molecular complexity index is 872. The van der Waals surface area contributed by atoms with E-state index in [-0.39, 0.29) is 11.3 Å². The summed E-state index contributed by atoms with van der Waals surface area (Å²) in [6.07, 6.45) is 1.29. The van der Waals surface area contributed by atoms with Crippen LogP contribution in [0, 0.1) is 26.9 Å². The number of benzene rings is 1. The van der Waals surface area contributed by atoms with Crippen LogP contribution in [0.25, 0.3) is 0 Å². The van der Waals surface area contributed by atoms with Crippen molar-refractivity contribution in [3.8, 4) is 0 Å². The van der Waals surface area contributed by atoms with Crippen molar-refractivity contribution in [3.05, 3.63) is 39.9 Å². The molecular weight excluding hydrogens is 394 g/mol. The van der Waals surface area contributed by atoms with Crippen LogP contribution in [-0.4, -0.2) is 52.5 Å². The molecule has 0 saturated carbocycles. The lowest BCUT2D eigenvalue weighted by atomic mass is 9.49. The molecule has 0 aromatic heterocycles. The molecule has 3 N–H and O–H groups in total. The largest absolute Gasteiger partial charge is 0.481 e. The Labute approximate surface area is 174 Å². The SMILES string of the molecule is CON=CC1NC(C)C(C(=O)O)(C(C)C)C(c2cccc([N+](=O)[O-])c2)C1(C)C(=O)O. The van der Waals surface area contributed by atoms with Crippen LogP contribution in [0.4, 0.5) is 5.69 Å². The van der Waals surface area contributed by atoms with E-state index in [1.54, 1.807) is 26.8 Å². The normalized spacial score (nSPS) is 31.6. The molecule has 1 aromatic rings. The minimum absolute atomic E-state index is 0.239. The maximum Gasteiger partial charge on any atom is 0.312 e. The molecule has 2 rings (SSSR count). The molecule has 0 spiro atoms. The number of carboxylic acids is 2. The average molecular weight is 421 g/mol. The van der Waals surface area contributed by atoms with Gasteiger partial charge in [0.25, 0.3) is 5.69 Å². The van der Waals surface area contributed by atoms with Gasteiger partial charge in [-0.15, -0.1) is 0 Å². The summed E-state index contributed by atoms with van der Waals surface area (Å²) in [5.74, 6) is -4.04. The van der Waals surface area contributed by atoms with Crippen LogP contribution >= 0.6 is 0 Å². The van der Waals surface area contributed by atoms with E-state index in [1.165, 1.54) is 38.4 Å². The molecule has 1 heterocycles.